The van der Waals surface area contributed by atoms with Gasteiger partial charge in [0.15, 0.2) is 28.8 Å². The summed E-state index contributed by atoms with van der Waals surface area (Å²) in [6, 6.07) is 5.96. The van der Waals surface area contributed by atoms with Gasteiger partial charge in [0.05, 0.1) is 21.3 Å². The zero-order valence-corrected chi connectivity index (χ0v) is 32.9. The average Bonchev–Trinajstić information content (AvgIpc) is 3.46. The maximum atomic E-state index is 14.3. The molecule has 0 saturated heterocycles. The molecule has 3 unspecified atom stereocenters. The highest BCUT2D eigenvalue weighted by molar-refractivity contribution is 6.35. The molecule has 0 aromatic heterocycles. The minimum Gasteiger partial charge on any atom is -0.507 e. The standard InChI is InChI=1S/C42H58ClNO9/c1-6-7-8-9-10-11-12-13-14-15-16-17-18-19-22-44-35(47)25-29(28-20-21-30(45)32(24-28)50-3)36-31(46)23-27(2)42(40(36)48)41(49)37-33(51-4)26-34(52-5)38(43)39(37)53-42/h20-21,24,26-27,29,45,48H,6-19,22-23,25H2,1-5H3,(H,44,47). The number of nitrogens with one attached hydrogen (secondary N) is 1. The smallest absolute Gasteiger partial charge is 0.231 e. The van der Waals surface area contributed by atoms with Crippen LogP contribution in [0.5, 0.6) is 28.7 Å². The lowest BCUT2D eigenvalue weighted by Gasteiger charge is -2.38. The molecule has 2 aromatic carbocycles. The van der Waals surface area contributed by atoms with Crippen LogP contribution in [0.15, 0.2) is 35.6 Å². The van der Waals surface area contributed by atoms with Crippen molar-refractivity contribution < 1.29 is 43.5 Å². The molecule has 0 fully saturated rings. The van der Waals surface area contributed by atoms with E-state index in [9.17, 15) is 24.6 Å². The van der Waals surface area contributed by atoms with Crippen LogP contribution in [0.1, 0.15) is 138 Å². The largest absolute Gasteiger partial charge is 0.507 e. The maximum Gasteiger partial charge on any atom is 0.231 e. The quantitative estimate of drug-likeness (QED) is 0.100. The number of ketones is 2. The van der Waals surface area contributed by atoms with Crippen LogP contribution < -0.4 is 24.3 Å². The van der Waals surface area contributed by atoms with Gasteiger partial charge in [0.2, 0.25) is 17.3 Å². The Hall–Kier alpha value is -3.92. The Morgan fingerprint density at radius 3 is 2.00 bits per heavy atom. The third-order valence-electron chi connectivity index (χ3n) is 10.7. The molecule has 0 radical (unpaired) electrons. The summed E-state index contributed by atoms with van der Waals surface area (Å²) in [7, 11) is 4.20. The minimum atomic E-state index is -2.00. The third-order valence-corrected chi connectivity index (χ3v) is 11.1. The number of phenolic OH excluding ortho intramolecular Hbond substituents is 1. The second kappa shape index (κ2) is 20.0. The third kappa shape index (κ3) is 9.61. The molecular formula is C42H58ClNO9. The lowest BCUT2D eigenvalue weighted by Crippen LogP contribution is -2.53. The van der Waals surface area contributed by atoms with E-state index in [1.54, 1.807) is 13.0 Å². The number of unbranched alkanes of at least 4 members (excludes halogenated alkanes) is 13. The summed E-state index contributed by atoms with van der Waals surface area (Å²) in [6.45, 7) is 4.37. The summed E-state index contributed by atoms with van der Waals surface area (Å²) < 4.78 is 22.5. The topological polar surface area (TPSA) is 141 Å². The van der Waals surface area contributed by atoms with Gasteiger partial charge in [-0.3, -0.25) is 14.4 Å². The van der Waals surface area contributed by atoms with Crippen molar-refractivity contribution in [2.45, 2.75) is 128 Å². The van der Waals surface area contributed by atoms with E-state index in [4.69, 9.17) is 30.5 Å². The van der Waals surface area contributed by atoms with Crippen molar-refractivity contribution in [1.29, 1.82) is 0 Å². The first-order chi connectivity index (χ1) is 25.5. The zero-order valence-electron chi connectivity index (χ0n) is 32.1. The van der Waals surface area contributed by atoms with E-state index in [0.717, 1.165) is 19.3 Å². The van der Waals surface area contributed by atoms with E-state index < -0.39 is 34.8 Å². The first-order valence-electron chi connectivity index (χ1n) is 19.3. The van der Waals surface area contributed by atoms with Gasteiger partial charge in [-0.1, -0.05) is 115 Å². The van der Waals surface area contributed by atoms with Crippen LogP contribution in [0.3, 0.4) is 0 Å². The van der Waals surface area contributed by atoms with Gasteiger partial charge in [-0.2, -0.15) is 0 Å². The van der Waals surface area contributed by atoms with Crippen molar-refractivity contribution in [2.75, 3.05) is 27.9 Å². The summed E-state index contributed by atoms with van der Waals surface area (Å²) in [4.78, 5) is 41.7. The lowest BCUT2D eigenvalue weighted by molar-refractivity contribution is -0.121. The number of carbonyl (C=O) groups excluding carboxylic acids is 3. The van der Waals surface area contributed by atoms with Crippen molar-refractivity contribution in [2.24, 2.45) is 5.92 Å². The second-order valence-corrected chi connectivity index (χ2v) is 14.8. The summed E-state index contributed by atoms with van der Waals surface area (Å²) >= 11 is 6.61. The van der Waals surface area contributed by atoms with Gasteiger partial charge in [0.1, 0.15) is 22.1 Å². The van der Waals surface area contributed by atoms with Gasteiger partial charge in [0, 0.05) is 42.9 Å². The van der Waals surface area contributed by atoms with E-state index in [2.05, 4.69) is 12.2 Å². The SMILES string of the molecule is CCCCCCCCCCCCCCCCNC(=O)CC(C1=C(O)C2(Oc3c(Cl)c(OC)cc(OC)c3C2=O)C(C)CC1=O)c1ccc(O)c(OC)c1. The molecule has 3 atom stereocenters. The number of methoxy groups -OCH3 is 3. The molecule has 3 N–H and O–H groups in total. The van der Waals surface area contributed by atoms with Crippen molar-refractivity contribution in [3.05, 3.63) is 51.7 Å². The Kier molecular flexibility index (Phi) is 15.7. The number of hydrogen-bond donors (Lipinski definition) is 3. The van der Waals surface area contributed by atoms with Gasteiger partial charge in [-0.05, 0) is 24.1 Å². The minimum absolute atomic E-state index is 0.0197. The van der Waals surface area contributed by atoms with Crippen molar-refractivity contribution in [3.63, 3.8) is 0 Å². The number of amides is 1. The number of ether oxygens (including phenoxy) is 4. The summed E-state index contributed by atoms with van der Waals surface area (Å²) in [5, 5.41) is 25.5. The molecular weight excluding hydrogens is 698 g/mol. The normalized spacial score (nSPS) is 18.6. The Labute approximate surface area is 319 Å². The summed E-state index contributed by atoms with van der Waals surface area (Å²) in [6.07, 6.45) is 16.9. The van der Waals surface area contributed by atoms with Gasteiger partial charge in [-0.25, -0.2) is 0 Å². The number of Topliss-reactive ketones (excluding diaryl/α,β-unsaturated/α-hetero) is 2. The second-order valence-electron chi connectivity index (χ2n) is 14.4. The first kappa shape index (κ1) is 41.8. The highest BCUT2D eigenvalue weighted by atomic mass is 35.5. The fourth-order valence-electron chi connectivity index (χ4n) is 7.64. The molecule has 292 valence electrons. The number of allylic oxidation sites excluding steroid dienone is 1. The number of aliphatic hydroxyl groups is 1. The highest BCUT2D eigenvalue weighted by Gasteiger charge is 2.61. The molecule has 1 aliphatic heterocycles. The number of carbonyl (C=O) groups is 3. The Balaban J connectivity index is 1.46. The highest BCUT2D eigenvalue weighted by Crippen LogP contribution is 2.56. The zero-order chi connectivity index (χ0) is 38.5. The van der Waals surface area contributed by atoms with Crippen LogP contribution in [0, 0.1) is 5.92 Å². The molecule has 2 aliphatic rings. The number of aromatic hydroxyl groups is 1. The lowest BCUT2D eigenvalue weighted by atomic mass is 9.69. The van der Waals surface area contributed by atoms with Crippen LogP contribution in [0.25, 0.3) is 0 Å². The molecule has 0 saturated carbocycles. The number of aliphatic hydroxyl groups excluding tert-OH is 1. The van der Waals surface area contributed by atoms with E-state index >= 15 is 0 Å². The molecule has 1 heterocycles. The van der Waals surface area contributed by atoms with Gasteiger partial charge in [0.25, 0.3) is 0 Å². The number of phenols is 1. The molecule has 4 rings (SSSR count). The molecule has 0 bridgehead atoms. The van der Waals surface area contributed by atoms with E-state index in [1.165, 1.54) is 110 Å². The van der Waals surface area contributed by atoms with Crippen LogP contribution in [0.4, 0.5) is 0 Å². The van der Waals surface area contributed by atoms with Gasteiger partial charge < -0.3 is 34.5 Å². The van der Waals surface area contributed by atoms with E-state index in [1.807, 2.05) is 0 Å². The molecule has 10 nitrogen and oxygen atoms in total. The number of rotatable bonds is 22. The predicted octanol–water partition coefficient (Wildman–Crippen LogP) is 9.58. The van der Waals surface area contributed by atoms with Crippen molar-refractivity contribution in [1.82, 2.24) is 5.32 Å². The molecule has 53 heavy (non-hydrogen) atoms. The molecule has 1 aliphatic carbocycles. The van der Waals surface area contributed by atoms with Crippen LogP contribution in [0.2, 0.25) is 5.02 Å². The summed E-state index contributed by atoms with van der Waals surface area (Å²) in [5.74, 6) is -3.42. The molecule has 2 aromatic rings. The number of benzene rings is 2. The van der Waals surface area contributed by atoms with Crippen LogP contribution >= 0.6 is 11.6 Å². The Morgan fingerprint density at radius 1 is 0.868 bits per heavy atom. The maximum absolute atomic E-state index is 14.3. The Bertz CT molecular complexity index is 1620. The predicted molar refractivity (Wildman–Crippen MR) is 206 cm³/mol. The van der Waals surface area contributed by atoms with E-state index in [-0.39, 0.29) is 63.7 Å². The fraction of sp³-hybridized carbons (Fsp3) is 0.595. The number of fused-ring (bicyclic) bond motifs is 1. The Morgan fingerprint density at radius 2 is 1.43 bits per heavy atom. The fourth-order valence-corrected chi connectivity index (χ4v) is 7.91. The first-order valence-corrected chi connectivity index (χ1v) is 19.7. The average molecular weight is 756 g/mol. The molecule has 1 amide bonds. The molecule has 1 spiro atoms. The number of hydrogen-bond acceptors (Lipinski definition) is 9. The van der Waals surface area contributed by atoms with Crippen LogP contribution in [-0.4, -0.2) is 61.2 Å². The molecule has 11 heteroatoms. The van der Waals surface area contributed by atoms with Gasteiger partial charge >= 0.3 is 0 Å². The number of halogens is 1. The monoisotopic (exact) mass is 755 g/mol. The summed E-state index contributed by atoms with van der Waals surface area (Å²) in [5.41, 5.74) is -1.66. The van der Waals surface area contributed by atoms with Gasteiger partial charge in [-0.15, -0.1) is 0 Å². The van der Waals surface area contributed by atoms with E-state index in [0.29, 0.717) is 12.1 Å². The van der Waals surface area contributed by atoms with Crippen molar-refractivity contribution >= 4 is 29.1 Å². The van der Waals surface area contributed by atoms with Crippen LogP contribution in [-0.2, 0) is 9.59 Å². The van der Waals surface area contributed by atoms with Crippen molar-refractivity contribution in [3.8, 4) is 28.7 Å².